The van der Waals surface area contributed by atoms with Gasteiger partial charge in [0.15, 0.2) is 0 Å². The molecule has 1 N–H and O–H groups in total. The van der Waals surface area contributed by atoms with Gasteiger partial charge < -0.3 is 15.0 Å². The number of carbonyl (C=O) groups is 1. The topological polar surface area (TPSA) is 60.4 Å². The van der Waals surface area contributed by atoms with Crippen molar-refractivity contribution >= 4 is 5.97 Å². The molecule has 0 aliphatic heterocycles. The third-order valence-corrected chi connectivity index (χ3v) is 3.16. The Balaban J connectivity index is 0. The Labute approximate surface area is 178 Å². The molecule has 0 heterocycles. The first-order valence-electron chi connectivity index (χ1n) is 8.03. The monoisotopic (exact) mass is 332 g/mol. The summed E-state index contributed by atoms with van der Waals surface area (Å²) in [7, 11) is 0. The smallest absolute Gasteiger partial charge is 0.550 e. The van der Waals surface area contributed by atoms with Gasteiger partial charge in [0.2, 0.25) is 0 Å². The zero-order valence-electron chi connectivity index (χ0n) is 14.2. The van der Waals surface area contributed by atoms with E-state index < -0.39 is 5.97 Å². The Morgan fingerprint density at radius 1 is 1.00 bits per heavy atom. The molecular weight excluding hydrogens is 303 g/mol. The fourth-order valence-corrected chi connectivity index (χ4v) is 1.88. The molecule has 0 aliphatic rings. The van der Waals surface area contributed by atoms with Crippen molar-refractivity contribution in [2.45, 2.75) is 70.8 Å². The van der Waals surface area contributed by atoms with Crippen LogP contribution >= 0.6 is 0 Å². The number of aliphatic hydroxyl groups is 1. The molecule has 0 aromatic heterocycles. The maximum Gasteiger partial charge on any atom is 1.00 e. The number of aliphatic hydroxyl groups excluding tert-OH is 1. The third kappa shape index (κ3) is 20.3. The van der Waals surface area contributed by atoms with Crippen molar-refractivity contribution < 1.29 is 66.4 Å². The van der Waals surface area contributed by atoms with Crippen LogP contribution in [-0.2, 0) is 4.79 Å². The van der Waals surface area contributed by atoms with Crippen LogP contribution in [0.2, 0.25) is 0 Å². The summed E-state index contributed by atoms with van der Waals surface area (Å²) >= 11 is 0. The van der Waals surface area contributed by atoms with Crippen LogP contribution in [-0.4, -0.2) is 17.2 Å². The van der Waals surface area contributed by atoms with Crippen molar-refractivity contribution in [3.63, 3.8) is 0 Å². The van der Waals surface area contributed by atoms with E-state index in [1.54, 1.807) is 0 Å². The summed E-state index contributed by atoms with van der Waals surface area (Å²) in [5.41, 5.74) is 0. The number of hydrogen-bond acceptors (Lipinski definition) is 3. The second kappa shape index (κ2) is 19.3. The minimum Gasteiger partial charge on any atom is -0.550 e. The van der Waals surface area contributed by atoms with Gasteiger partial charge in [-0.15, -0.1) is 0 Å². The van der Waals surface area contributed by atoms with E-state index in [4.69, 9.17) is 0 Å². The predicted octanol–water partition coefficient (Wildman–Crippen LogP) is 0.301. The van der Waals surface area contributed by atoms with Gasteiger partial charge in [0, 0.05) is 5.97 Å². The zero-order chi connectivity index (χ0) is 15.8. The van der Waals surface area contributed by atoms with E-state index in [1.807, 2.05) is 24.3 Å². The predicted molar refractivity (Wildman–Crippen MR) is 85.7 cm³/mol. The number of hydrogen-bond donors (Lipinski definition) is 1. The maximum absolute atomic E-state index is 10.2. The van der Waals surface area contributed by atoms with E-state index in [0.29, 0.717) is 12.8 Å². The molecule has 0 fully saturated rings. The van der Waals surface area contributed by atoms with E-state index in [0.717, 1.165) is 25.7 Å². The van der Waals surface area contributed by atoms with Crippen molar-refractivity contribution in [3.05, 3.63) is 36.5 Å². The van der Waals surface area contributed by atoms with Gasteiger partial charge in [-0.3, -0.25) is 0 Å². The summed E-state index contributed by atoms with van der Waals surface area (Å²) in [6.07, 6.45) is 19.2. The molecule has 0 radical (unpaired) electrons. The summed E-state index contributed by atoms with van der Waals surface area (Å²) in [4.78, 5) is 10.2. The Morgan fingerprint density at radius 2 is 1.64 bits per heavy atom. The van der Waals surface area contributed by atoms with Crippen molar-refractivity contribution in [1.29, 1.82) is 0 Å². The summed E-state index contributed by atoms with van der Waals surface area (Å²) < 4.78 is 0. The average Bonchev–Trinajstić information content (AvgIpc) is 2.45. The summed E-state index contributed by atoms with van der Waals surface area (Å²) in [6.45, 7) is 2.18. The molecule has 120 valence electrons. The molecule has 3 nitrogen and oxygen atoms in total. The molecule has 22 heavy (non-hydrogen) atoms. The van der Waals surface area contributed by atoms with E-state index >= 15 is 0 Å². The maximum atomic E-state index is 10.2. The largest absolute Gasteiger partial charge is 1.00 e. The normalized spacial score (nSPS) is 13.0. The number of allylic oxidation sites excluding steroid dienone is 6. The van der Waals surface area contributed by atoms with Gasteiger partial charge in [0.25, 0.3) is 0 Å². The zero-order valence-corrected chi connectivity index (χ0v) is 17.3. The molecule has 1 atom stereocenters. The van der Waals surface area contributed by atoms with Gasteiger partial charge in [-0.2, -0.15) is 0 Å². The Kier molecular flexibility index (Phi) is 21.6. The Bertz CT molecular complexity index is 335. The molecule has 1 unspecified atom stereocenters. The fourth-order valence-electron chi connectivity index (χ4n) is 1.88. The van der Waals surface area contributed by atoms with Crippen LogP contribution < -0.4 is 56.5 Å². The molecule has 0 aromatic carbocycles. The van der Waals surface area contributed by atoms with Gasteiger partial charge in [0.1, 0.15) is 0 Å². The van der Waals surface area contributed by atoms with Crippen LogP contribution in [0, 0.1) is 0 Å². The van der Waals surface area contributed by atoms with Crippen molar-refractivity contribution in [1.82, 2.24) is 0 Å². The molecule has 0 aliphatic carbocycles. The second-order valence-corrected chi connectivity index (χ2v) is 5.23. The molecule has 0 aromatic rings. The minimum atomic E-state index is -1.01. The van der Waals surface area contributed by atoms with E-state index in [9.17, 15) is 15.0 Å². The number of carboxylic acid groups (broad SMARTS) is 1. The first-order valence-corrected chi connectivity index (χ1v) is 8.03. The quantitative estimate of drug-likeness (QED) is 0.300. The standard InChI is InChI=1S/C18H30O3.K/c1-2-3-4-5-6-7-8-9-10-11-14-17(19)15-12-13-16-18(20)21;/h5-10,17,19H,2-4,11-16H2,1H3,(H,20,21);/q;+1/p-1/b6-5+,8-7+,10-9+;. The summed E-state index contributed by atoms with van der Waals surface area (Å²) in [5, 5.41) is 19.9. The van der Waals surface area contributed by atoms with Gasteiger partial charge in [-0.1, -0.05) is 62.6 Å². The Hall–Kier alpha value is 0.286. The van der Waals surface area contributed by atoms with Crippen LogP contribution in [0.4, 0.5) is 0 Å². The van der Waals surface area contributed by atoms with Crippen molar-refractivity contribution in [3.8, 4) is 0 Å². The van der Waals surface area contributed by atoms with Crippen molar-refractivity contribution in [2.75, 3.05) is 0 Å². The number of rotatable bonds is 13. The SMILES string of the molecule is CCCC/C=C/C=C/C=C/CCC(O)CCCCC(=O)[O-].[K+]. The summed E-state index contributed by atoms with van der Waals surface area (Å²) in [6, 6.07) is 0. The fraction of sp³-hybridized carbons (Fsp3) is 0.611. The number of aliphatic carboxylic acids is 1. The second-order valence-electron chi connectivity index (χ2n) is 5.23. The average molecular weight is 333 g/mol. The number of carbonyl (C=O) groups excluding carboxylic acids is 1. The number of carboxylic acids is 1. The summed E-state index contributed by atoms with van der Waals surface area (Å²) in [5.74, 6) is -1.01. The third-order valence-electron chi connectivity index (χ3n) is 3.16. The van der Waals surface area contributed by atoms with E-state index in [-0.39, 0.29) is 63.9 Å². The Morgan fingerprint density at radius 3 is 2.23 bits per heavy atom. The molecule has 0 spiro atoms. The van der Waals surface area contributed by atoms with Gasteiger partial charge in [-0.25, -0.2) is 0 Å². The molecular formula is C18H29KO3. The van der Waals surface area contributed by atoms with Gasteiger partial charge in [0.05, 0.1) is 6.10 Å². The molecule has 0 bridgehead atoms. The number of unbranched alkanes of at least 4 members (excludes halogenated alkanes) is 3. The molecule has 0 amide bonds. The molecule has 0 rings (SSSR count). The van der Waals surface area contributed by atoms with Crippen LogP contribution in [0.25, 0.3) is 0 Å². The molecule has 0 saturated heterocycles. The van der Waals surface area contributed by atoms with Crippen LogP contribution in [0.5, 0.6) is 0 Å². The van der Waals surface area contributed by atoms with Crippen molar-refractivity contribution in [2.24, 2.45) is 0 Å². The first-order chi connectivity index (χ1) is 10.2. The van der Waals surface area contributed by atoms with E-state index in [1.165, 1.54) is 12.8 Å². The minimum absolute atomic E-state index is 0. The van der Waals surface area contributed by atoms with Crippen LogP contribution in [0.3, 0.4) is 0 Å². The van der Waals surface area contributed by atoms with Crippen LogP contribution in [0.15, 0.2) is 36.5 Å². The molecule has 0 saturated carbocycles. The van der Waals surface area contributed by atoms with Crippen LogP contribution in [0.1, 0.15) is 64.7 Å². The first kappa shape index (κ1) is 24.5. The molecule has 4 heteroatoms. The van der Waals surface area contributed by atoms with Gasteiger partial charge in [-0.05, 0) is 38.5 Å². The van der Waals surface area contributed by atoms with Gasteiger partial charge >= 0.3 is 51.4 Å². The van der Waals surface area contributed by atoms with E-state index in [2.05, 4.69) is 19.1 Å².